The summed E-state index contributed by atoms with van der Waals surface area (Å²) in [6.07, 6.45) is 0.746. The molecule has 6 heteroatoms. The maximum absolute atomic E-state index is 12.6. The number of furan rings is 1. The lowest BCUT2D eigenvalue weighted by molar-refractivity contribution is -0.142. The fourth-order valence-corrected chi connectivity index (χ4v) is 3.30. The van der Waals surface area contributed by atoms with E-state index in [0.717, 1.165) is 17.4 Å². The van der Waals surface area contributed by atoms with Gasteiger partial charge < -0.3 is 14.1 Å². The molecular formula is C17H18N2O4. The van der Waals surface area contributed by atoms with Gasteiger partial charge in [0.05, 0.1) is 6.61 Å². The van der Waals surface area contributed by atoms with Crippen LogP contribution in [0.25, 0.3) is 11.0 Å². The quantitative estimate of drug-likeness (QED) is 0.786. The van der Waals surface area contributed by atoms with Crippen molar-refractivity contribution >= 4 is 22.8 Å². The maximum atomic E-state index is 12.6. The molecule has 2 aliphatic heterocycles. The number of cyclic esters (lactones) is 1. The Labute approximate surface area is 133 Å². The van der Waals surface area contributed by atoms with Crippen molar-refractivity contribution in [2.45, 2.75) is 12.5 Å². The molecule has 23 heavy (non-hydrogen) atoms. The third-order valence-electron chi connectivity index (χ3n) is 4.59. The number of carbonyl (C=O) groups excluding carboxylic acids is 2. The Morgan fingerprint density at radius 3 is 2.61 bits per heavy atom. The molecule has 1 atom stereocenters. The Balaban J connectivity index is 1.43. The van der Waals surface area contributed by atoms with Gasteiger partial charge in [-0.05, 0) is 12.1 Å². The summed E-state index contributed by atoms with van der Waals surface area (Å²) in [6, 6.07) is 9.25. The van der Waals surface area contributed by atoms with E-state index in [2.05, 4.69) is 4.90 Å². The minimum Gasteiger partial charge on any atom is -0.464 e. The van der Waals surface area contributed by atoms with Gasteiger partial charge in [-0.15, -0.1) is 0 Å². The highest BCUT2D eigenvalue weighted by atomic mass is 16.5. The van der Waals surface area contributed by atoms with Crippen LogP contribution < -0.4 is 0 Å². The van der Waals surface area contributed by atoms with Gasteiger partial charge in [0.2, 0.25) is 0 Å². The van der Waals surface area contributed by atoms with Gasteiger partial charge in [-0.3, -0.25) is 14.5 Å². The molecule has 0 spiro atoms. The molecule has 0 saturated carbocycles. The minimum atomic E-state index is -0.140. The summed E-state index contributed by atoms with van der Waals surface area (Å²) in [5.74, 6) is 0.150. The predicted octanol–water partition coefficient (Wildman–Crippen LogP) is 1.51. The van der Waals surface area contributed by atoms with Crippen LogP contribution in [0.1, 0.15) is 17.0 Å². The molecule has 2 aromatic rings. The first-order chi connectivity index (χ1) is 11.2. The smallest absolute Gasteiger partial charge is 0.323 e. The molecule has 0 N–H and O–H groups in total. The van der Waals surface area contributed by atoms with Gasteiger partial charge in [0.25, 0.3) is 5.91 Å². The van der Waals surface area contributed by atoms with E-state index in [9.17, 15) is 9.59 Å². The van der Waals surface area contributed by atoms with Gasteiger partial charge in [0.1, 0.15) is 11.6 Å². The summed E-state index contributed by atoms with van der Waals surface area (Å²) >= 11 is 0. The van der Waals surface area contributed by atoms with Crippen LogP contribution in [-0.2, 0) is 9.53 Å². The average Bonchev–Trinajstić information content (AvgIpc) is 3.20. The van der Waals surface area contributed by atoms with E-state index >= 15 is 0 Å². The number of piperazine rings is 1. The van der Waals surface area contributed by atoms with E-state index in [1.807, 2.05) is 24.3 Å². The fourth-order valence-electron chi connectivity index (χ4n) is 3.30. The Morgan fingerprint density at radius 2 is 1.91 bits per heavy atom. The van der Waals surface area contributed by atoms with E-state index in [1.165, 1.54) is 0 Å². The fraction of sp³-hybridized carbons (Fsp3) is 0.412. The molecule has 1 unspecified atom stereocenters. The normalized spacial score (nSPS) is 22.5. The SMILES string of the molecule is O=C1OCCC1N1CCN(C(=O)c2cc3ccccc3o2)CC1. The van der Waals surface area contributed by atoms with Crippen molar-refractivity contribution in [1.29, 1.82) is 0 Å². The monoisotopic (exact) mass is 314 g/mol. The predicted molar refractivity (Wildman–Crippen MR) is 83.1 cm³/mol. The lowest BCUT2D eigenvalue weighted by Gasteiger charge is -2.36. The highest BCUT2D eigenvalue weighted by Crippen LogP contribution is 2.21. The Bertz CT molecular complexity index is 713. The van der Waals surface area contributed by atoms with Crippen LogP contribution in [0.5, 0.6) is 0 Å². The molecule has 6 nitrogen and oxygen atoms in total. The van der Waals surface area contributed by atoms with Gasteiger partial charge >= 0.3 is 5.97 Å². The van der Waals surface area contributed by atoms with Crippen LogP contribution in [0.15, 0.2) is 34.7 Å². The van der Waals surface area contributed by atoms with E-state index in [-0.39, 0.29) is 17.9 Å². The largest absolute Gasteiger partial charge is 0.464 e. The highest BCUT2D eigenvalue weighted by molar-refractivity contribution is 5.96. The van der Waals surface area contributed by atoms with Crippen molar-refractivity contribution in [3.63, 3.8) is 0 Å². The Kier molecular flexibility index (Phi) is 3.53. The molecule has 1 aromatic carbocycles. The third-order valence-corrected chi connectivity index (χ3v) is 4.59. The van der Waals surface area contributed by atoms with Gasteiger partial charge in [0.15, 0.2) is 5.76 Å². The number of para-hydroxylation sites is 1. The summed E-state index contributed by atoms with van der Waals surface area (Å²) in [7, 11) is 0. The molecule has 0 aliphatic carbocycles. The molecule has 120 valence electrons. The molecule has 0 bridgehead atoms. The van der Waals surface area contributed by atoms with Crippen molar-refractivity contribution in [2.24, 2.45) is 0 Å². The maximum Gasteiger partial charge on any atom is 0.323 e. The number of amides is 1. The summed E-state index contributed by atoms with van der Waals surface area (Å²) < 4.78 is 10.7. The standard InChI is InChI=1S/C17H18N2O4/c20-16(15-11-12-3-1-2-4-14(12)23-15)19-8-6-18(7-9-19)13-5-10-22-17(13)21/h1-4,11,13H,5-10H2. The number of fused-ring (bicyclic) bond motifs is 1. The molecule has 2 saturated heterocycles. The molecule has 2 fully saturated rings. The zero-order valence-corrected chi connectivity index (χ0v) is 12.7. The number of esters is 1. The first-order valence-electron chi connectivity index (χ1n) is 7.91. The number of hydrogen-bond donors (Lipinski definition) is 0. The van der Waals surface area contributed by atoms with Gasteiger partial charge in [-0.25, -0.2) is 0 Å². The number of benzene rings is 1. The number of nitrogens with zero attached hydrogens (tertiary/aromatic N) is 2. The van der Waals surface area contributed by atoms with Crippen LogP contribution in [0.3, 0.4) is 0 Å². The zero-order chi connectivity index (χ0) is 15.8. The minimum absolute atomic E-state index is 0.0881. The van der Waals surface area contributed by atoms with Crippen LogP contribution in [0, 0.1) is 0 Å². The first kappa shape index (κ1) is 14.3. The third kappa shape index (κ3) is 2.59. The van der Waals surface area contributed by atoms with Crippen LogP contribution in [0.4, 0.5) is 0 Å². The zero-order valence-electron chi connectivity index (χ0n) is 12.7. The van der Waals surface area contributed by atoms with Crippen LogP contribution in [0.2, 0.25) is 0 Å². The summed E-state index contributed by atoms with van der Waals surface area (Å²) in [5.41, 5.74) is 0.725. The van der Waals surface area contributed by atoms with E-state index in [4.69, 9.17) is 9.15 Å². The molecule has 4 rings (SSSR count). The number of ether oxygens (including phenoxy) is 1. The van der Waals surface area contributed by atoms with E-state index in [0.29, 0.717) is 38.5 Å². The van der Waals surface area contributed by atoms with Crippen LogP contribution in [-0.4, -0.2) is 60.5 Å². The van der Waals surface area contributed by atoms with Crippen molar-refractivity contribution in [3.8, 4) is 0 Å². The lowest BCUT2D eigenvalue weighted by atomic mass is 10.1. The Morgan fingerprint density at radius 1 is 1.13 bits per heavy atom. The average molecular weight is 314 g/mol. The first-order valence-corrected chi connectivity index (χ1v) is 7.91. The van der Waals surface area contributed by atoms with Gasteiger partial charge in [-0.2, -0.15) is 0 Å². The lowest BCUT2D eigenvalue weighted by Crippen LogP contribution is -2.53. The number of carbonyl (C=O) groups is 2. The second-order valence-corrected chi connectivity index (χ2v) is 5.95. The molecule has 1 amide bonds. The number of hydrogen-bond acceptors (Lipinski definition) is 5. The second kappa shape index (κ2) is 5.70. The Hall–Kier alpha value is -2.34. The molecule has 2 aliphatic rings. The summed E-state index contributed by atoms with van der Waals surface area (Å²) in [6.45, 7) is 3.07. The summed E-state index contributed by atoms with van der Waals surface area (Å²) in [4.78, 5) is 28.1. The van der Waals surface area contributed by atoms with E-state index < -0.39 is 0 Å². The van der Waals surface area contributed by atoms with Gasteiger partial charge in [-0.1, -0.05) is 18.2 Å². The second-order valence-electron chi connectivity index (χ2n) is 5.95. The highest BCUT2D eigenvalue weighted by Gasteiger charge is 2.35. The van der Waals surface area contributed by atoms with Crippen LogP contribution >= 0.6 is 0 Å². The topological polar surface area (TPSA) is 63.0 Å². The van der Waals surface area contributed by atoms with Crippen molar-refractivity contribution in [1.82, 2.24) is 9.80 Å². The van der Waals surface area contributed by atoms with Crippen molar-refractivity contribution in [3.05, 3.63) is 36.1 Å². The summed E-state index contributed by atoms with van der Waals surface area (Å²) in [5, 5.41) is 0.934. The van der Waals surface area contributed by atoms with Gasteiger partial charge in [0, 0.05) is 38.0 Å². The van der Waals surface area contributed by atoms with Crippen molar-refractivity contribution in [2.75, 3.05) is 32.8 Å². The van der Waals surface area contributed by atoms with Crippen molar-refractivity contribution < 1.29 is 18.7 Å². The number of rotatable bonds is 2. The molecule has 3 heterocycles. The molecule has 1 aromatic heterocycles. The molecular weight excluding hydrogens is 296 g/mol. The van der Waals surface area contributed by atoms with E-state index in [1.54, 1.807) is 11.0 Å². The molecule has 0 radical (unpaired) electrons.